The summed E-state index contributed by atoms with van der Waals surface area (Å²) in [6, 6.07) is 0. The second kappa shape index (κ2) is 10.4. The largest absolute Gasteiger partial charge is 0.466 e. The van der Waals surface area contributed by atoms with Crippen LogP contribution in [0.15, 0.2) is 0 Å². The zero-order chi connectivity index (χ0) is 18.9. The molecule has 0 saturated carbocycles. The minimum absolute atomic E-state index is 0.102. The zero-order valence-electron chi connectivity index (χ0n) is 16.2. The van der Waals surface area contributed by atoms with Crippen molar-refractivity contribution in [1.82, 2.24) is 0 Å². The topological polar surface area (TPSA) is 83.5 Å². The Morgan fingerprint density at radius 2 is 1.44 bits per heavy atom. The fourth-order valence-electron chi connectivity index (χ4n) is 3.16. The Labute approximate surface area is 150 Å². The van der Waals surface area contributed by atoms with Gasteiger partial charge in [0.25, 0.3) is 0 Å². The van der Waals surface area contributed by atoms with Crippen molar-refractivity contribution in [3.8, 4) is 0 Å². The van der Waals surface area contributed by atoms with E-state index in [9.17, 15) is 4.79 Å². The lowest BCUT2D eigenvalue weighted by Gasteiger charge is -2.29. The molecule has 148 valence electrons. The molecule has 0 amide bonds. The molecule has 2 saturated heterocycles. The maximum absolute atomic E-state index is 11.6. The summed E-state index contributed by atoms with van der Waals surface area (Å²) in [4.78, 5) is 11.6. The van der Waals surface area contributed by atoms with Gasteiger partial charge in [-0.1, -0.05) is 13.8 Å². The van der Waals surface area contributed by atoms with Gasteiger partial charge in [0.05, 0.1) is 39.6 Å². The van der Waals surface area contributed by atoms with Gasteiger partial charge < -0.3 is 28.8 Å². The highest BCUT2D eigenvalue weighted by molar-refractivity contribution is 5.73. The van der Waals surface area contributed by atoms with E-state index in [1.165, 1.54) is 0 Å². The van der Waals surface area contributed by atoms with Crippen molar-refractivity contribution in [2.24, 2.45) is 11.8 Å². The number of hydrogen-bond donors (Lipinski definition) is 1. The van der Waals surface area contributed by atoms with E-state index in [0.29, 0.717) is 39.5 Å². The summed E-state index contributed by atoms with van der Waals surface area (Å²) < 4.78 is 26.7. The monoisotopic (exact) mass is 362 g/mol. The van der Waals surface area contributed by atoms with Gasteiger partial charge in [0.1, 0.15) is 5.92 Å². The lowest BCUT2D eigenvalue weighted by molar-refractivity contribution is -0.200. The first-order valence-corrected chi connectivity index (χ1v) is 9.20. The SMILES string of the molecule is CCC(CO)C1(C)OCCO1.CCOC(=O)C(CC)C1(C)OCCO1. The molecular formula is C18H34O7. The first-order chi connectivity index (χ1) is 11.9. The Morgan fingerprint density at radius 3 is 1.80 bits per heavy atom. The van der Waals surface area contributed by atoms with Crippen molar-refractivity contribution in [1.29, 1.82) is 0 Å². The van der Waals surface area contributed by atoms with E-state index in [0.717, 1.165) is 6.42 Å². The standard InChI is InChI=1S/C10H18O4.C8H16O3/c1-4-8(9(11)12-5-2)10(3)13-6-7-14-10;1-3-7(6-9)8(2)10-4-5-11-8/h8H,4-7H2,1-3H3;7,9H,3-6H2,1-2H3. The van der Waals surface area contributed by atoms with Crippen LogP contribution in [0.5, 0.6) is 0 Å². The molecule has 0 radical (unpaired) electrons. The van der Waals surface area contributed by atoms with Crippen molar-refractivity contribution in [2.75, 3.05) is 39.6 Å². The summed E-state index contributed by atoms with van der Waals surface area (Å²) >= 11 is 0. The summed E-state index contributed by atoms with van der Waals surface area (Å²) in [6.07, 6.45) is 1.54. The van der Waals surface area contributed by atoms with Crippen LogP contribution in [0.25, 0.3) is 0 Å². The third-order valence-electron chi connectivity index (χ3n) is 4.79. The first-order valence-electron chi connectivity index (χ1n) is 9.20. The van der Waals surface area contributed by atoms with E-state index < -0.39 is 11.6 Å². The van der Waals surface area contributed by atoms with Crippen LogP contribution in [0.3, 0.4) is 0 Å². The highest BCUT2D eigenvalue weighted by Gasteiger charge is 2.44. The summed E-state index contributed by atoms with van der Waals surface area (Å²) in [5.74, 6) is -1.79. The summed E-state index contributed by atoms with van der Waals surface area (Å²) in [6.45, 7) is 12.4. The molecule has 2 atom stereocenters. The van der Waals surface area contributed by atoms with E-state index >= 15 is 0 Å². The molecule has 0 bridgehead atoms. The molecule has 7 nitrogen and oxygen atoms in total. The van der Waals surface area contributed by atoms with Gasteiger partial charge in [-0.2, -0.15) is 0 Å². The van der Waals surface area contributed by atoms with Crippen LogP contribution in [-0.2, 0) is 28.5 Å². The summed E-state index contributed by atoms with van der Waals surface area (Å²) in [5.41, 5.74) is 0. The molecule has 2 heterocycles. The van der Waals surface area contributed by atoms with Crippen molar-refractivity contribution < 1.29 is 33.6 Å². The molecule has 2 aliphatic rings. The second-order valence-electron chi connectivity index (χ2n) is 6.43. The number of rotatable bonds is 7. The Bertz CT molecular complexity index is 383. The number of aliphatic hydroxyl groups is 1. The molecule has 0 aromatic rings. The summed E-state index contributed by atoms with van der Waals surface area (Å²) in [7, 11) is 0. The van der Waals surface area contributed by atoms with E-state index in [1.54, 1.807) is 13.8 Å². The molecule has 0 spiro atoms. The number of carbonyl (C=O) groups is 1. The minimum atomic E-state index is -0.791. The highest BCUT2D eigenvalue weighted by Crippen LogP contribution is 2.31. The van der Waals surface area contributed by atoms with Crippen LogP contribution < -0.4 is 0 Å². The predicted molar refractivity (Wildman–Crippen MR) is 91.9 cm³/mol. The van der Waals surface area contributed by atoms with Crippen LogP contribution in [0, 0.1) is 11.8 Å². The zero-order valence-corrected chi connectivity index (χ0v) is 16.2. The maximum Gasteiger partial charge on any atom is 0.314 e. The Balaban J connectivity index is 0.000000257. The van der Waals surface area contributed by atoms with Crippen molar-refractivity contribution in [2.45, 2.75) is 59.0 Å². The molecule has 2 fully saturated rings. The lowest BCUT2D eigenvalue weighted by Crippen LogP contribution is -2.41. The molecule has 2 rings (SSSR count). The van der Waals surface area contributed by atoms with Crippen LogP contribution in [0.4, 0.5) is 0 Å². The van der Waals surface area contributed by atoms with E-state index in [2.05, 4.69) is 0 Å². The quantitative estimate of drug-likeness (QED) is 0.694. The predicted octanol–water partition coefficient (Wildman–Crippen LogP) is 2.11. The molecule has 2 unspecified atom stereocenters. The Kier molecular flexibility index (Phi) is 9.30. The van der Waals surface area contributed by atoms with Crippen LogP contribution in [-0.4, -0.2) is 62.3 Å². The lowest BCUT2D eigenvalue weighted by atomic mass is 9.97. The van der Waals surface area contributed by atoms with Gasteiger partial charge >= 0.3 is 5.97 Å². The van der Waals surface area contributed by atoms with Gasteiger partial charge in [-0.05, 0) is 33.6 Å². The molecule has 0 aromatic carbocycles. The number of esters is 1. The average molecular weight is 362 g/mol. The smallest absolute Gasteiger partial charge is 0.314 e. The molecule has 0 aromatic heterocycles. The maximum atomic E-state index is 11.6. The fourth-order valence-corrected chi connectivity index (χ4v) is 3.16. The molecule has 2 aliphatic heterocycles. The molecular weight excluding hydrogens is 328 g/mol. The van der Waals surface area contributed by atoms with Crippen LogP contribution in [0.2, 0.25) is 0 Å². The first kappa shape index (κ1) is 22.3. The van der Waals surface area contributed by atoms with E-state index in [1.807, 2.05) is 20.8 Å². The summed E-state index contributed by atoms with van der Waals surface area (Å²) in [5, 5.41) is 8.99. The molecule has 0 aliphatic carbocycles. The highest BCUT2D eigenvalue weighted by atomic mass is 16.7. The van der Waals surface area contributed by atoms with Crippen LogP contribution in [0.1, 0.15) is 47.5 Å². The van der Waals surface area contributed by atoms with Gasteiger partial charge in [0.15, 0.2) is 11.6 Å². The van der Waals surface area contributed by atoms with Crippen molar-refractivity contribution in [3.63, 3.8) is 0 Å². The normalized spacial score (nSPS) is 23.4. The van der Waals surface area contributed by atoms with Crippen molar-refractivity contribution >= 4 is 5.97 Å². The van der Waals surface area contributed by atoms with Gasteiger partial charge in [0, 0.05) is 5.92 Å². The number of carbonyl (C=O) groups excluding carboxylic acids is 1. The molecule has 1 N–H and O–H groups in total. The number of hydrogen-bond acceptors (Lipinski definition) is 7. The third kappa shape index (κ3) is 5.89. The number of ether oxygens (including phenoxy) is 5. The van der Waals surface area contributed by atoms with Gasteiger partial charge in [-0.25, -0.2) is 0 Å². The van der Waals surface area contributed by atoms with Gasteiger partial charge in [0.2, 0.25) is 0 Å². The minimum Gasteiger partial charge on any atom is -0.466 e. The second-order valence-corrected chi connectivity index (χ2v) is 6.43. The fraction of sp³-hybridized carbons (Fsp3) is 0.944. The Hall–Kier alpha value is -0.730. The third-order valence-corrected chi connectivity index (χ3v) is 4.79. The molecule has 7 heteroatoms. The van der Waals surface area contributed by atoms with Gasteiger partial charge in [-0.3, -0.25) is 4.79 Å². The number of aliphatic hydroxyl groups excluding tert-OH is 1. The van der Waals surface area contributed by atoms with Crippen LogP contribution >= 0.6 is 0 Å². The van der Waals surface area contributed by atoms with Crippen molar-refractivity contribution in [3.05, 3.63) is 0 Å². The average Bonchev–Trinajstić information content (AvgIpc) is 3.20. The molecule has 25 heavy (non-hydrogen) atoms. The van der Waals surface area contributed by atoms with Gasteiger partial charge in [-0.15, -0.1) is 0 Å². The Morgan fingerprint density at radius 1 is 0.960 bits per heavy atom. The van der Waals surface area contributed by atoms with E-state index in [4.69, 9.17) is 28.8 Å². The van der Waals surface area contributed by atoms with E-state index in [-0.39, 0.29) is 24.4 Å².